The van der Waals surface area contributed by atoms with Crippen molar-refractivity contribution in [2.24, 2.45) is 0 Å². The van der Waals surface area contributed by atoms with Gasteiger partial charge in [0.05, 0.1) is 0 Å². The fourth-order valence-corrected chi connectivity index (χ4v) is 0. The van der Waals surface area contributed by atoms with E-state index in [1.807, 2.05) is 0 Å². The molecule has 6 heteroatoms. The predicted molar refractivity (Wildman–Crippen MR) is 31.3 cm³/mol. The first-order chi connectivity index (χ1) is 2.00. The van der Waals surface area contributed by atoms with Gasteiger partial charge in [-0.15, -0.1) is 0 Å². The molecular weight excluding hydrogens is 209 g/mol. The van der Waals surface area contributed by atoms with Crippen LogP contribution in [0.15, 0.2) is 0 Å². The van der Waals surface area contributed by atoms with Crippen LogP contribution in [0.1, 0.15) is 8.85 Å². The summed E-state index contributed by atoms with van der Waals surface area (Å²) >= 11 is -3.11. The molecule has 0 rings (SSSR count). The van der Waals surface area contributed by atoms with Gasteiger partial charge in [-0.05, 0) is 0 Å². The van der Waals surface area contributed by atoms with Crippen molar-refractivity contribution < 1.29 is 32.6 Å². The van der Waals surface area contributed by atoms with Gasteiger partial charge in [0.15, 0.2) is 0 Å². The van der Waals surface area contributed by atoms with Gasteiger partial charge in [0.25, 0.3) is 0 Å². The molecule has 7 heavy (non-hydrogen) atoms. The van der Waals surface area contributed by atoms with E-state index in [0.717, 1.165) is 0 Å². The first-order valence-corrected chi connectivity index (χ1v) is 9.35. The Morgan fingerprint density at radius 3 is 1.00 bits per heavy atom. The molecular formula is CH5Cl4LiTi. The Morgan fingerprint density at radius 1 is 1.00 bits per heavy atom. The standard InChI is InChI=1S/CH4.4ClH.Li.Ti.H/h1H4;4*1H;;;/q;;;;;+1;+4;-1/p-4. The fourth-order valence-electron chi connectivity index (χ4n) is 0. The van der Waals surface area contributed by atoms with Gasteiger partial charge in [-0.1, -0.05) is 7.43 Å². The van der Waals surface area contributed by atoms with Crippen LogP contribution in [-0.4, -0.2) is 0 Å². The summed E-state index contributed by atoms with van der Waals surface area (Å²) in [4.78, 5) is 0. The largest absolute Gasteiger partial charge is 1.00 e. The SMILES string of the molecule is C.[Cl][Ti]([Cl])([Cl])[Cl].[H-].[Li+]. The van der Waals surface area contributed by atoms with Crippen LogP contribution in [0.5, 0.6) is 0 Å². The summed E-state index contributed by atoms with van der Waals surface area (Å²) in [5.41, 5.74) is 0. The third kappa shape index (κ3) is 58.1. The van der Waals surface area contributed by atoms with E-state index in [1.165, 1.54) is 0 Å². The van der Waals surface area contributed by atoms with Crippen LogP contribution < -0.4 is 18.9 Å². The molecule has 0 atom stereocenters. The zero-order valence-corrected chi connectivity index (χ0v) is 7.60. The Morgan fingerprint density at radius 2 is 1.00 bits per heavy atom. The Kier molecular flexibility index (Phi) is 15.3. The normalized spacial score (nSPS) is 8.57. The molecule has 0 N–H and O–H groups in total. The predicted octanol–water partition coefficient (Wildman–Crippen LogP) is 0.508. The van der Waals surface area contributed by atoms with Gasteiger partial charge in [-0.2, -0.15) is 0 Å². The summed E-state index contributed by atoms with van der Waals surface area (Å²) in [5.74, 6) is 0. The van der Waals surface area contributed by atoms with Crippen molar-refractivity contribution in [3.05, 3.63) is 0 Å². The van der Waals surface area contributed by atoms with E-state index in [-0.39, 0.29) is 27.7 Å². The van der Waals surface area contributed by atoms with Crippen molar-refractivity contribution in [2.75, 3.05) is 0 Å². The Labute approximate surface area is 76.4 Å². The summed E-state index contributed by atoms with van der Waals surface area (Å²) in [7, 11) is 20.1. The zero-order chi connectivity index (χ0) is 4.50. The Hall–Kier alpha value is 2.47. The molecule has 0 bridgehead atoms. The van der Waals surface area contributed by atoms with E-state index in [9.17, 15) is 0 Å². The summed E-state index contributed by atoms with van der Waals surface area (Å²) < 4.78 is 0. The van der Waals surface area contributed by atoms with E-state index in [2.05, 4.69) is 0 Å². The topological polar surface area (TPSA) is 0 Å². The quantitative estimate of drug-likeness (QED) is 0.515. The van der Waals surface area contributed by atoms with Gasteiger partial charge in [0.1, 0.15) is 0 Å². The van der Waals surface area contributed by atoms with E-state index in [1.54, 1.807) is 0 Å². The molecule has 0 saturated heterocycles. The van der Waals surface area contributed by atoms with Gasteiger partial charge in [0.2, 0.25) is 0 Å². The maximum atomic E-state index is 5.01. The first kappa shape index (κ1) is 16.2. The first-order valence-electron chi connectivity index (χ1n) is 0.756. The minimum absolute atomic E-state index is 0. The van der Waals surface area contributed by atoms with Gasteiger partial charge >= 0.3 is 68.4 Å². The van der Waals surface area contributed by atoms with E-state index in [4.69, 9.17) is 37.2 Å². The fraction of sp³-hybridized carbons (Fsp3) is 1.00. The summed E-state index contributed by atoms with van der Waals surface area (Å²) in [6.07, 6.45) is 0. The molecule has 0 aromatic heterocycles. The molecule has 0 fully saturated rings. The van der Waals surface area contributed by atoms with Gasteiger partial charge < -0.3 is 1.43 Å². The summed E-state index contributed by atoms with van der Waals surface area (Å²) in [6.45, 7) is 0. The van der Waals surface area contributed by atoms with Crippen LogP contribution in [0.25, 0.3) is 0 Å². The van der Waals surface area contributed by atoms with Crippen molar-refractivity contribution >= 4 is 37.2 Å². The molecule has 0 aliphatic heterocycles. The minimum atomic E-state index is -3.11. The second kappa shape index (κ2) is 6.59. The molecule has 0 heterocycles. The number of hydrogen-bond donors (Lipinski definition) is 0. The maximum absolute atomic E-state index is 5.01. The van der Waals surface area contributed by atoms with Crippen LogP contribution >= 0.6 is 37.2 Å². The smallest absolute Gasteiger partial charge is 1.00 e. The van der Waals surface area contributed by atoms with E-state index < -0.39 is 12.3 Å². The number of halogens is 4. The summed E-state index contributed by atoms with van der Waals surface area (Å²) in [6, 6.07) is 0. The third-order valence-electron chi connectivity index (χ3n) is 0. The molecule has 0 amide bonds. The maximum Gasteiger partial charge on any atom is 1.00 e. The van der Waals surface area contributed by atoms with Crippen molar-refractivity contribution in [1.29, 1.82) is 0 Å². The molecule has 42 valence electrons. The van der Waals surface area contributed by atoms with Crippen molar-refractivity contribution in [3.8, 4) is 0 Å². The van der Waals surface area contributed by atoms with Crippen LogP contribution in [0, 0.1) is 0 Å². The van der Waals surface area contributed by atoms with Crippen molar-refractivity contribution in [2.45, 2.75) is 7.43 Å². The third-order valence-corrected chi connectivity index (χ3v) is 0. The van der Waals surface area contributed by atoms with Crippen molar-refractivity contribution in [1.82, 2.24) is 0 Å². The van der Waals surface area contributed by atoms with Crippen LogP contribution in [0.2, 0.25) is 0 Å². The Balaban J connectivity index is -0.0000000267. The average molecular weight is 214 g/mol. The second-order valence-electron chi connectivity index (χ2n) is 0.429. The molecule has 0 aromatic carbocycles. The molecule has 0 saturated carbocycles. The molecule has 0 aliphatic carbocycles. The minimum Gasteiger partial charge on any atom is -1.00 e. The molecule has 0 unspecified atom stereocenters. The zero-order valence-electron chi connectivity index (χ0n) is 4.01. The van der Waals surface area contributed by atoms with Crippen LogP contribution in [-0.2, 0) is 12.3 Å². The van der Waals surface area contributed by atoms with Crippen molar-refractivity contribution in [3.63, 3.8) is 0 Å². The molecule has 0 radical (unpaired) electrons. The van der Waals surface area contributed by atoms with Crippen LogP contribution in [0.4, 0.5) is 0 Å². The average Bonchev–Trinajstić information content (AvgIpc) is 0.722. The van der Waals surface area contributed by atoms with Gasteiger partial charge in [0, 0.05) is 0 Å². The Bertz CT molecular complexity index is 31.5. The van der Waals surface area contributed by atoms with Gasteiger partial charge in [-0.25, -0.2) is 0 Å². The van der Waals surface area contributed by atoms with Crippen LogP contribution in [0.3, 0.4) is 0 Å². The molecule has 0 aromatic rings. The number of hydrogen-bond acceptors (Lipinski definition) is 0. The van der Waals surface area contributed by atoms with E-state index in [0.29, 0.717) is 0 Å². The summed E-state index contributed by atoms with van der Waals surface area (Å²) in [5, 5.41) is 0. The second-order valence-corrected chi connectivity index (χ2v) is 15.9. The van der Waals surface area contributed by atoms with E-state index >= 15 is 0 Å². The molecule has 0 aliphatic rings. The molecule has 0 nitrogen and oxygen atoms in total. The molecule has 0 spiro atoms. The monoisotopic (exact) mass is 212 g/mol. The number of rotatable bonds is 0. The van der Waals surface area contributed by atoms with Gasteiger partial charge in [-0.3, -0.25) is 0 Å².